The van der Waals surface area contributed by atoms with E-state index < -0.39 is 0 Å². The molecule has 0 amide bonds. The van der Waals surface area contributed by atoms with E-state index in [-0.39, 0.29) is 0 Å². The topological polar surface area (TPSA) is 20.2 Å². The SMILES string of the molecule is CCCc1ccc(CC(CC)CO)cc1. The highest BCUT2D eigenvalue weighted by Crippen LogP contribution is 2.13. The van der Waals surface area contributed by atoms with Crippen LogP contribution in [0.5, 0.6) is 0 Å². The first-order valence-electron chi connectivity index (χ1n) is 5.98. The van der Waals surface area contributed by atoms with Gasteiger partial charge in [-0.2, -0.15) is 0 Å². The summed E-state index contributed by atoms with van der Waals surface area (Å²) in [5.41, 5.74) is 2.76. The summed E-state index contributed by atoms with van der Waals surface area (Å²) in [5, 5.41) is 9.13. The lowest BCUT2D eigenvalue weighted by atomic mass is 9.96. The van der Waals surface area contributed by atoms with Crippen LogP contribution in [0.25, 0.3) is 0 Å². The van der Waals surface area contributed by atoms with Crippen LogP contribution in [0.4, 0.5) is 0 Å². The zero-order valence-electron chi connectivity index (χ0n) is 9.87. The Morgan fingerprint density at radius 2 is 1.67 bits per heavy atom. The molecule has 1 aromatic carbocycles. The van der Waals surface area contributed by atoms with Crippen LogP contribution in [-0.4, -0.2) is 11.7 Å². The number of aryl methyl sites for hydroxylation is 1. The molecule has 1 atom stereocenters. The number of aliphatic hydroxyl groups excluding tert-OH is 1. The van der Waals surface area contributed by atoms with Gasteiger partial charge in [0.2, 0.25) is 0 Å². The maximum atomic E-state index is 9.13. The van der Waals surface area contributed by atoms with Gasteiger partial charge in [-0.1, -0.05) is 51.0 Å². The van der Waals surface area contributed by atoms with Crippen molar-refractivity contribution in [2.24, 2.45) is 5.92 Å². The summed E-state index contributed by atoms with van der Waals surface area (Å²) in [6.45, 7) is 4.63. The Hall–Kier alpha value is -0.820. The Morgan fingerprint density at radius 3 is 2.13 bits per heavy atom. The average Bonchev–Trinajstić information content (AvgIpc) is 2.28. The fourth-order valence-corrected chi connectivity index (χ4v) is 1.80. The molecule has 0 bridgehead atoms. The highest BCUT2D eigenvalue weighted by Gasteiger charge is 2.05. The lowest BCUT2D eigenvalue weighted by molar-refractivity contribution is 0.222. The molecule has 1 unspecified atom stereocenters. The molecule has 0 radical (unpaired) electrons. The van der Waals surface area contributed by atoms with Gasteiger partial charge in [-0.05, 0) is 29.9 Å². The molecule has 15 heavy (non-hydrogen) atoms. The minimum Gasteiger partial charge on any atom is -0.396 e. The molecule has 1 N–H and O–H groups in total. The molecule has 1 rings (SSSR count). The predicted octanol–water partition coefficient (Wildman–Crippen LogP) is 3.20. The molecule has 0 heterocycles. The third-order valence-electron chi connectivity index (χ3n) is 2.92. The molecule has 1 nitrogen and oxygen atoms in total. The summed E-state index contributed by atoms with van der Waals surface area (Å²) in [5.74, 6) is 0.419. The van der Waals surface area contributed by atoms with Gasteiger partial charge in [0.15, 0.2) is 0 Å². The summed E-state index contributed by atoms with van der Waals surface area (Å²) in [7, 11) is 0. The van der Waals surface area contributed by atoms with Gasteiger partial charge < -0.3 is 5.11 Å². The van der Waals surface area contributed by atoms with Crippen LogP contribution in [0, 0.1) is 5.92 Å². The minimum absolute atomic E-state index is 0.299. The van der Waals surface area contributed by atoms with Gasteiger partial charge in [0.05, 0.1) is 0 Å². The summed E-state index contributed by atoms with van der Waals surface area (Å²) in [4.78, 5) is 0. The van der Waals surface area contributed by atoms with E-state index in [0.717, 1.165) is 19.3 Å². The first-order valence-corrected chi connectivity index (χ1v) is 5.98. The Bertz CT molecular complexity index is 259. The van der Waals surface area contributed by atoms with Crippen molar-refractivity contribution in [2.45, 2.75) is 39.5 Å². The summed E-state index contributed by atoms with van der Waals surface area (Å²) in [6, 6.07) is 8.82. The fourth-order valence-electron chi connectivity index (χ4n) is 1.80. The Kier molecular flexibility index (Phi) is 5.41. The van der Waals surface area contributed by atoms with Crippen molar-refractivity contribution in [3.63, 3.8) is 0 Å². The molecular formula is C14H22O. The van der Waals surface area contributed by atoms with E-state index in [4.69, 9.17) is 5.11 Å². The zero-order valence-corrected chi connectivity index (χ0v) is 9.87. The number of aliphatic hydroxyl groups is 1. The van der Waals surface area contributed by atoms with E-state index in [1.165, 1.54) is 17.5 Å². The van der Waals surface area contributed by atoms with Crippen LogP contribution in [0.1, 0.15) is 37.8 Å². The maximum absolute atomic E-state index is 9.13. The molecule has 0 spiro atoms. The van der Waals surface area contributed by atoms with Crippen molar-refractivity contribution in [1.29, 1.82) is 0 Å². The predicted molar refractivity (Wildman–Crippen MR) is 65.0 cm³/mol. The van der Waals surface area contributed by atoms with Gasteiger partial charge >= 0.3 is 0 Å². The standard InChI is InChI=1S/C14H22O/c1-3-5-13-6-8-14(9-7-13)10-12(4-2)11-15/h6-9,12,15H,3-5,10-11H2,1-2H3. The van der Waals surface area contributed by atoms with Crippen molar-refractivity contribution in [3.8, 4) is 0 Å². The van der Waals surface area contributed by atoms with Crippen LogP contribution in [-0.2, 0) is 12.8 Å². The van der Waals surface area contributed by atoms with Crippen molar-refractivity contribution in [2.75, 3.05) is 6.61 Å². The van der Waals surface area contributed by atoms with Gasteiger partial charge in [0.25, 0.3) is 0 Å². The van der Waals surface area contributed by atoms with E-state index >= 15 is 0 Å². The van der Waals surface area contributed by atoms with E-state index in [1.807, 2.05) is 0 Å². The molecule has 1 heteroatoms. The lowest BCUT2D eigenvalue weighted by Crippen LogP contribution is -2.08. The second-order valence-electron chi connectivity index (χ2n) is 4.23. The molecular weight excluding hydrogens is 184 g/mol. The lowest BCUT2D eigenvalue weighted by Gasteiger charge is -2.11. The smallest absolute Gasteiger partial charge is 0.0462 e. The van der Waals surface area contributed by atoms with Crippen LogP contribution in [0.15, 0.2) is 24.3 Å². The monoisotopic (exact) mass is 206 g/mol. The van der Waals surface area contributed by atoms with Gasteiger partial charge in [0, 0.05) is 6.61 Å². The van der Waals surface area contributed by atoms with Crippen molar-refractivity contribution < 1.29 is 5.11 Å². The second kappa shape index (κ2) is 6.62. The van der Waals surface area contributed by atoms with Gasteiger partial charge in [-0.15, -0.1) is 0 Å². The molecule has 0 fully saturated rings. The average molecular weight is 206 g/mol. The molecule has 0 aliphatic heterocycles. The Balaban J connectivity index is 2.55. The van der Waals surface area contributed by atoms with E-state index in [9.17, 15) is 0 Å². The first-order chi connectivity index (χ1) is 7.30. The normalized spacial score (nSPS) is 12.7. The van der Waals surface area contributed by atoms with Crippen LogP contribution >= 0.6 is 0 Å². The number of benzene rings is 1. The summed E-state index contributed by atoms with van der Waals surface area (Å²) < 4.78 is 0. The van der Waals surface area contributed by atoms with Crippen LogP contribution < -0.4 is 0 Å². The summed E-state index contributed by atoms with van der Waals surface area (Å²) >= 11 is 0. The minimum atomic E-state index is 0.299. The highest BCUT2D eigenvalue weighted by molar-refractivity contribution is 5.23. The Morgan fingerprint density at radius 1 is 1.07 bits per heavy atom. The van der Waals surface area contributed by atoms with E-state index in [0.29, 0.717) is 12.5 Å². The van der Waals surface area contributed by atoms with Crippen molar-refractivity contribution >= 4 is 0 Å². The molecule has 0 aliphatic rings. The number of rotatable bonds is 6. The number of hydrogen-bond acceptors (Lipinski definition) is 1. The van der Waals surface area contributed by atoms with Crippen LogP contribution in [0.2, 0.25) is 0 Å². The van der Waals surface area contributed by atoms with Crippen LogP contribution in [0.3, 0.4) is 0 Å². The second-order valence-corrected chi connectivity index (χ2v) is 4.23. The Labute approximate surface area is 93.1 Å². The summed E-state index contributed by atoms with van der Waals surface area (Å²) in [6.07, 6.45) is 4.41. The third-order valence-corrected chi connectivity index (χ3v) is 2.92. The van der Waals surface area contributed by atoms with E-state index in [1.54, 1.807) is 0 Å². The highest BCUT2D eigenvalue weighted by atomic mass is 16.3. The van der Waals surface area contributed by atoms with Crippen molar-refractivity contribution in [1.82, 2.24) is 0 Å². The third kappa shape index (κ3) is 4.05. The molecule has 84 valence electrons. The molecule has 0 saturated heterocycles. The quantitative estimate of drug-likeness (QED) is 0.758. The van der Waals surface area contributed by atoms with Gasteiger partial charge in [-0.3, -0.25) is 0 Å². The number of hydrogen-bond donors (Lipinski definition) is 1. The molecule has 0 saturated carbocycles. The molecule has 0 aliphatic carbocycles. The van der Waals surface area contributed by atoms with Gasteiger partial charge in [0.1, 0.15) is 0 Å². The van der Waals surface area contributed by atoms with Crippen molar-refractivity contribution in [3.05, 3.63) is 35.4 Å². The molecule has 0 aromatic heterocycles. The fraction of sp³-hybridized carbons (Fsp3) is 0.571. The first kappa shape index (κ1) is 12.3. The van der Waals surface area contributed by atoms with E-state index in [2.05, 4.69) is 38.1 Å². The largest absolute Gasteiger partial charge is 0.396 e. The molecule has 1 aromatic rings. The van der Waals surface area contributed by atoms with Gasteiger partial charge in [-0.25, -0.2) is 0 Å². The zero-order chi connectivity index (χ0) is 11.1. The maximum Gasteiger partial charge on any atom is 0.0462 e.